The first kappa shape index (κ1) is 11.1. The molecule has 3 rings (SSSR count). The molecular weight excluding hydrogens is 228 g/mol. The number of hydrogen-bond acceptors (Lipinski definition) is 3. The van der Waals surface area contributed by atoms with Gasteiger partial charge in [0.25, 0.3) is 0 Å². The van der Waals surface area contributed by atoms with Crippen molar-refractivity contribution in [2.45, 2.75) is 31.8 Å². The lowest BCUT2D eigenvalue weighted by molar-refractivity contribution is -0.121. The summed E-state index contributed by atoms with van der Waals surface area (Å²) in [5.74, 6) is 0.102. The third kappa shape index (κ3) is 2.30. The fourth-order valence-electron chi connectivity index (χ4n) is 2.00. The van der Waals surface area contributed by atoms with Crippen LogP contribution >= 0.6 is 0 Å². The van der Waals surface area contributed by atoms with Crippen LogP contribution in [-0.4, -0.2) is 21.7 Å². The number of fused-ring (bicyclic) bond motifs is 1. The number of amides is 1. The van der Waals surface area contributed by atoms with Gasteiger partial charge in [0, 0.05) is 23.5 Å². The molecule has 1 saturated carbocycles. The van der Waals surface area contributed by atoms with E-state index in [1.807, 2.05) is 22.9 Å². The van der Waals surface area contributed by atoms with E-state index in [1.165, 1.54) is 0 Å². The van der Waals surface area contributed by atoms with Gasteiger partial charge in [-0.3, -0.25) is 9.48 Å². The zero-order valence-corrected chi connectivity index (χ0v) is 10.1. The number of rotatable bonds is 4. The van der Waals surface area contributed by atoms with Crippen LogP contribution in [0.1, 0.15) is 19.3 Å². The largest absolute Gasteiger partial charge is 0.399 e. The standard InChI is InChI=1S/C13H16N4O/c14-10-2-1-9-8-15-17(12(9)7-10)6-5-13(18)16-11-3-4-11/h1-2,7-8,11H,3-6,14H2,(H,16,18). The minimum absolute atomic E-state index is 0.102. The molecule has 1 fully saturated rings. The van der Waals surface area contributed by atoms with Crippen LogP contribution < -0.4 is 11.1 Å². The van der Waals surface area contributed by atoms with Gasteiger partial charge in [0.2, 0.25) is 5.91 Å². The molecule has 0 atom stereocenters. The van der Waals surface area contributed by atoms with E-state index in [0.29, 0.717) is 24.7 Å². The Hall–Kier alpha value is -2.04. The first-order valence-corrected chi connectivity index (χ1v) is 6.23. The smallest absolute Gasteiger partial charge is 0.222 e. The maximum absolute atomic E-state index is 11.6. The minimum atomic E-state index is 0.102. The summed E-state index contributed by atoms with van der Waals surface area (Å²) in [5, 5.41) is 8.30. The van der Waals surface area contributed by atoms with Crippen molar-refractivity contribution in [3.63, 3.8) is 0 Å². The van der Waals surface area contributed by atoms with Crippen LogP contribution in [0.25, 0.3) is 10.9 Å². The second-order valence-electron chi connectivity index (χ2n) is 4.78. The molecule has 18 heavy (non-hydrogen) atoms. The summed E-state index contributed by atoms with van der Waals surface area (Å²) in [6.07, 6.45) is 4.50. The Balaban J connectivity index is 1.69. The molecule has 1 aliphatic rings. The fourth-order valence-corrected chi connectivity index (χ4v) is 2.00. The molecule has 1 heterocycles. The molecule has 1 aromatic carbocycles. The summed E-state index contributed by atoms with van der Waals surface area (Å²) in [6.45, 7) is 0.589. The van der Waals surface area contributed by atoms with Gasteiger partial charge in [-0.25, -0.2) is 0 Å². The topological polar surface area (TPSA) is 72.9 Å². The lowest BCUT2D eigenvalue weighted by atomic mass is 10.2. The van der Waals surface area contributed by atoms with Gasteiger partial charge in [-0.2, -0.15) is 5.10 Å². The molecule has 5 nitrogen and oxygen atoms in total. The molecule has 2 aromatic rings. The summed E-state index contributed by atoms with van der Waals surface area (Å²) in [6, 6.07) is 6.11. The van der Waals surface area contributed by atoms with E-state index in [9.17, 15) is 4.79 Å². The molecule has 1 amide bonds. The molecule has 0 saturated heterocycles. The van der Waals surface area contributed by atoms with Crippen molar-refractivity contribution in [1.29, 1.82) is 0 Å². The van der Waals surface area contributed by atoms with Crippen molar-refractivity contribution >= 4 is 22.5 Å². The molecule has 0 unspecified atom stereocenters. The monoisotopic (exact) mass is 244 g/mol. The number of hydrogen-bond donors (Lipinski definition) is 2. The van der Waals surface area contributed by atoms with E-state index in [1.54, 1.807) is 6.20 Å². The Morgan fingerprint density at radius 2 is 2.33 bits per heavy atom. The number of aryl methyl sites for hydroxylation is 1. The second kappa shape index (κ2) is 4.33. The van der Waals surface area contributed by atoms with E-state index < -0.39 is 0 Å². The van der Waals surface area contributed by atoms with Gasteiger partial charge in [0.1, 0.15) is 0 Å². The Bertz CT molecular complexity index is 586. The van der Waals surface area contributed by atoms with Crippen LogP contribution in [0.4, 0.5) is 5.69 Å². The molecule has 0 radical (unpaired) electrons. The van der Waals surface area contributed by atoms with E-state index >= 15 is 0 Å². The molecular formula is C13H16N4O. The predicted molar refractivity (Wildman–Crippen MR) is 69.9 cm³/mol. The van der Waals surface area contributed by atoms with Crippen LogP contribution in [0.3, 0.4) is 0 Å². The quantitative estimate of drug-likeness (QED) is 0.796. The number of anilines is 1. The number of nitrogen functional groups attached to an aromatic ring is 1. The van der Waals surface area contributed by atoms with Crippen molar-refractivity contribution in [3.05, 3.63) is 24.4 Å². The first-order chi connectivity index (χ1) is 8.72. The fraction of sp³-hybridized carbons (Fsp3) is 0.385. The highest BCUT2D eigenvalue weighted by atomic mass is 16.1. The molecule has 0 aliphatic heterocycles. The summed E-state index contributed by atoms with van der Waals surface area (Å²) in [7, 11) is 0. The van der Waals surface area contributed by atoms with Crippen molar-refractivity contribution in [1.82, 2.24) is 15.1 Å². The third-order valence-corrected chi connectivity index (χ3v) is 3.16. The predicted octanol–water partition coefficient (Wildman–Crippen LogP) is 1.29. The Morgan fingerprint density at radius 1 is 1.50 bits per heavy atom. The molecule has 1 aliphatic carbocycles. The van der Waals surface area contributed by atoms with Gasteiger partial charge in [0.05, 0.1) is 18.3 Å². The summed E-state index contributed by atoms with van der Waals surface area (Å²) < 4.78 is 1.83. The summed E-state index contributed by atoms with van der Waals surface area (Å²) >= 11 is 0. The van der Waals surface area contributed by atoms with Crippen molar-refractivity contribution in [2.75, 3.05) is 5.73 Å². The average Bonchev–Trinajstić information content (AvgIpc) is 3.06. The van der Waals surface area contributed by atoms with Crippen LogP contribution in [-0.2, 0) is 11.3 Å². The van der Waals surface area contributed by atoms with Crippen molar-refractivity contribution in [3.8, 4) is 0 Å². The van der Waals surface area contributed by atoms with Gasteiger partial charge in [-0.15, -0.1) is 0 Å². The highest BCUT2D eigenvalue weighted by Gasteiger charge is 2.22. The van der Waals surface area contributed by atoms with Crippen molar-refractivity contribution in [2.24, 2.45) is 0 Å². The average molecular weight is 244 g/mol. The number of nitrogens with one attached hydrogen (secondary N) is 1. The maximum Gasteiger partial charge on any atom is 0.222 e. The first-order valence-electron chi connectivity index (χ1n) is 6.23. The maximum atomic E-state index is 11.6. The van der Waals surface area contributed by atoms with Crippen LogP contribution in [0.15, 0.2) is 24.4 Å². The highest BCUT2D eigenvalue weighted by Crippen LogP contribution is 2.19. The third-order valence-electron chi connectivity index (χ3n) is 3.16. The summed E-state index contributed by atoms with van der Waals surface area (Å²) in [5.41, 5.74) is 7.46. The van der Waals surface area contributed by atoms with E-state index in [-0.39, 0.29) is 5.91 Å². The lowest BCUT2D eigenvalue weighted by Gasteiger charge is -2.05. The highest BCUT2D eigenvalue weighted by molar-refractivity contribution is 5.82. The number of carbonyl (C=O) groups excluding carboxylic acids is 1. The molecule has 94 valence electrons. The van der Waals surface area contributed by atoms with Crippen LogP contribution in [0.2, 0.25) is 0 Å². The Morgan fingerprint density at radius 3 is 3.11 bits per heavy atom. The number of aromatic nitrogens is 2. The van der Waals surface area contributed by atoms with E-state index in [4.69, 9.17) is 5.73 Å². The molecule has 0 spiro atoms. The van der Waals surface area contributed by atoms with Gasteiger partial charge in [-0.05, 0) is 31.0 Å². The number of nitrogens with zero attached hydrogens (tertiary/aromatic N) is 2. The zero-order valence-electron chi connectivity index (χ0n) is 10.1. The van der Waals surface area contributed by atoms with Crippen LogP contribution in [0, 0.1) is 0 Å². The lowest BCUT2D eigenvalue weighted by Crippen LogP contribution is -2.26. The van der Waals surface area contributed by atoms with Gasteiger partial charge in [-0.1, -0.05) is 0 Å². The Kier molecular flexibility index (Phi) is 2.66. The minimum Gasteiger partial charge on any atom is -0.399 e. The van der Waals surface area contributed by atoms with E-state index in [0.717, 1.165) is 23.7 Å². The number of carbonyl (C=O) groups is 1. The molecule has 0 bridgehead atoms. The molecule has 1 aromatic heterocycles. The zero-order chi connectivity index (χ0) is 12.5. The number of nitrogens with two attached hydrogens (primary N) is 1. The van der Waals surface area contributed by atoms with Crippen LogP contribution in [0.5, 0.6) is 0 Å². The summed E-state index contributed by atoms with van der Waals surface area (Å²) in [4.78, 5) is 11.6. The second-order valence-corrected chi connectivity index (χ2v) is 4.78. The van der Waals surface area contributed by atoms with E-state index in [2.05, 4.69) is 10.4 Å². The SMILES string of the molecule is Nc1ccc2cnn(CCC(=O)NC3CC3)c2c1. The molecule has 5 heteroatoms. The van der Waals surface area contributed by atoms with Gasteiger partial charge in [0.15, 0.2) is 0 Å². The number of benzene rings is 1. The van der Waals surface area contributed by atoms with Gasteiger partial charge < -0.3 is 11.1 Å². The normalized spacial score (nSPS) is 14.9. The van der Waals surface area contributed by atoms with Gasteiger partial charge >= 0.3 is 0 Å². The molecule has 3 N–H and O–H groups in total. The van der Waals surface area contributed by atoms with Crippen molar-refractivity contribution < 1.29 is 4.79 Å². The Labute approximate surface area is 105 Å².